The van der Waals surface area contributed by atoms with E-state index in [0.717, 1.165) is 44.0 Å². The minimum atomic E-state index is -0.589. The van der Waals surface area contributed by atoms with E-state index in [1.165, 1.54) is 0 Å². The van der Waals surface area contributed by atoms with Gasteiger partial charge in [0.25, 0.3) is 0 Å². The van der Waals surface area contributed by atoms with Crippen molar-refractivity contribution in [1.82, 2.24) is 24.8 Å². The van der Waals surface area contributed by atoms with Crippen LogP contribution in [0, 0.1) is 12.8 Å². The van der Waals surface area contributed by atoms with Crippen molar-refractivity contribution in [2.45, 2.75) is 46.1 Å². The first-order chi connectivity index (χ1) is 13.5. The summed E-state index contributed by atoms with van der Waals surface area (Å²) in [6.45, 7) is 7.38. The Bertz CT molecular complexity index is 810. The Morgan fingerprint density at radius 3 is 2.54 bits per heavy atom. The topological polar surface area (TPSA) is 92.2 Å². The molecule has 1 aliphatic heterocycles. The van der Waals surface area contributed by atoms with Crippen LogP contribution in [0.2, 0.25) is 0 Å². The molecule has 8 heteroatoms. The Balaban J connectivity index is 1.67. The number of anilines is 1. The number of amides is 3. The van der Waals surface area contributed by atoms with Crippen molar-refractivity contribution in [1.29, 1.82) is 0 Å². The van der Waals surface area contributed by atoms with Crippen molar-refractivity contribution in [2.75, 3.05) is 18.4 Å². The van der Waals surface area contributed by atoms with E-state index >= 15 is 0 Å². The summed E-state index contributed by atoms with van der Waals surface area (Å²) in [7, 11) is 0. The van der Waals surface area contributed by atoms with Crippen molar-refractivity contribution in [3.8, 4) is 5.82 Å². The van der Waals surface area contributed by atoms with E-state index < -0.39 is 6.04 Å². The van der Waals surface area contributed by atoms with Gasteiger partial charge in [-0.15, -0.1) is 0 Å². The zero-order valence-electron chi connectivity index (χ0n) is 16.7. The van der Waals surface area contributed by atoms with E-state index in [2.05, 4.69) is 20.6 Å². The van der Waals surface area contributed by atoms with Crippen LogP contribution < -0.4 is 10.6 Å². The van der Waals surface area contributed by atoms with Crippen molar-refractivity contribution < 1.29 is 9.59 Å². The van der Waals surface area contributed by atoms with E-state index in [1.807, 2.05) is 37.6 Å². The van der Waals surface area contributed by atoms with Gasteiger partial charge < -0.3 is 15.5 Å². The Morgan fingerprint density at radius 2 is 1.96 bits per heavy atom. The molecule has 3 heterocycles. The highest BCUT2D eigenvalue weighted by Gasteiger charge is 2.28. The highest BCUT2D eigenvalue weighted by Crippen LogP contribution is 2.15. The van der Waals surface area contributed by atoms with E-state index in [1.54, 1.807) is 23.4 Å². The molecule has 8 nitrogen and oxygen atoms in total. The van der Waals surface area contributed by atoms with E-state index in [4.69, 9.17) is 0 Å². The second-order valence-corrected chi connectivity index (χ2v) is 7.25. The molecule has 3 rings (SSSR count). The molecule has 1 unspecified atom stereocenters. The number of nitrogens with one attached hydrogen (secondary N) is 2. The Labute approximate surface area is 165 Å². The summed E-state index contributed by atoms with van der Waals surface area (Å²) in [5.41, 5.74) is 0.593. The molecule has 28 heavy (non-hydrogen) atoms. The molecule has 0 spiro atoms. The highest BCUT2D eigenvalue weighted by atomic mass is 16.2. The number of carbonyl (C=O) groups is 2. The molecule has 2 atom stereocenters. The molecule has 3 amide bonds. The lowest BCUT2D eigenvalue weighted by Gasteiger charge is -2.26. The van der Waals surface area contributed by atoms with Gasteiger partial charge in [0, 0.05) is 25.5 Å². The Hall–Kier alpha value is -2.90. The van der Waals surface area contributed by atoms with Crippen molar-refractivity contribution in [3.05, 3.63) is 36.5 Å². The Morgan fingerprint density at radius 1 is 1.21 bits per heavy atom. The maximum atomic E-state index is 12.8. The quantitative estimate of drug-likeness (QED) is 0.801. The van der Waals surface area contributed by atoms with Gasteiger partial charge in [0.2, 0.25) is 5.91 Å². The number of nitrogens with zero attached hydrogens (tertiary/aromatic N) is 4. The molecule has 0 radical (unpaired) electrons. The van der Waals surface area contributed by atoms with Crippen LogP contribution in [0.3, 0.4) is 0 Å². The number of imidazole rings is 1. The fourth-order valence-electron chi connectivity index (χ4n) is 3.29. The molecular weight excluding hydrogens is 356 g/mol. The standard InChI is InChI=1S/C20H28N6O2/c1-4-14(2)18(24-20(28)25-10-5-6-11-25)19(27)23-16-7-8-17(22-13-16)26-12-9-21-15(26)3/h7-9,12-14,18H,4-6,10-11H2,1-3H3,(H,23,27)(H,24,28)/t14?,18-/m0/s1. The normalized spacial score (nSPS) is 15.9. The Kier molecular flexibility index (Phi) is 6.28. The third-order valence-electron chi connectivity index (χ3n) is 5.26. The SMILES string of the molecule is CCC(C)[C@H](NC(=O)N1CCCC1)C(=O)Nc1ccc(-n2ccnc2C)nc1. The van der Waals surface area contributed by atoms with Gasteiger partial charge in [0.05, 0.1) is 11.9 Å². The monoisotopic (exact) mass is 384 g/mol. The summed E-state index contributed by atoms with van der Waals surface area (Å²) in [5, 5.41) is 5.79. The maximum absolute atomic E-state index is 12.8. The molecule has 2 N–H and O–H groups in total. The van der Waals surface area contributed by atoms with Gasteiger partial charge in [-0.3, -0.25) is 9.36 Å². The number of carbonyl (C=O) groups excluding carboxylic acids is 2. The van der Waals surface area contributed by atoms with Gasteiger partial charge in [0.1, 0.15) is 17.7 Å². The molecule has 0 aromatic carbocycles. The zero-order chi connectivity index (χ0) is 20.1. The van der Waals surface area contributed by atoms with Crippen LogP contribution in [-0.4, -0.2) is 50.5 Å². The van der Waals surface area contributed by atoms with E-state index in [-0.39, 0.29) is 17.9 Å². The lowest BCUT2D eigenvalue weighted by Crippen LogP contribution is -2.51. The molecule has 1 fully saturated rings. The smallest absolute Gasteiger partial charge is 0.318 e. The summed E-state index contributed by atoms with van der Waals surface area (Å²) < 4.78 is 1.86. The van der Waals surface area contributed by atoms with Crippen LogP contribution in [0.15, 0.2) is 30.7 Å². The maximum Gasteiger partial charge on any atom is 0.318 e. The molecule has 1 aliphatic rings. The fourth-order valence-corrected chi connectivity index (χ4v) is 3.29. The number of urea groups is 1. The zero-order valence-corrected chi connectivity index (χ0v) is 16.7. The number of likely N-dealkylation sites (tertiary alicyclic amines) is 1. The highest BCUT2D eigenvalue weighted by molar-refractivity contribution is 5.97. The number of rotatable bonds is 6. The molecule has 0 aliphatic carbocycles. The second kappa shape index (κ2) is 8.86. The third kappa shape index (κ3) is 4.49. The van der Waals surface area contributed by atoms with Gasteiger partial charge in [-0.2, -0.15) is 0 Å². The number of aryl methyl sites for hydroxylation is 1. The average Bonchev–Trinajstić information content (AvgIpc) is 3.38. The predicted molar refractivity (Wildman–Crippen MR) is 107 cm³/mol. The molecule has 2 aromatic heterocycles. The van der Waals surface area contributed by atoms with Crippen LogP contribution in [0.1, 0.15) is 38.9 Å². The lowest BCUT2D eigenvalue weighted by molar-refractivity contribution is -0.119. The van der Waals surface area contributed by atoms with Crippen LogP contribution in [0.25, 0.3) is 5.82 Å². The summed E-state index contributed by atoms with van der Waals surface area (Å²) >= 11 is 0. The lowest BCUT2D eigenvalue weighted by atomic mass is 9.98. The van der Waals surface area contributed by atoms with E-state index in [0.29, 0.717) is 5.69 Å². The van der Waals surface area contributed by atoms with Crippen molar-refractivity contribution in [2.24, 2.45) is 5.92 Å². The third-order valence-corrected chi connectivity index (χ3v) is 5.26. The van der Waals surface area contributed by atoms with Crippen LogP contribution >= 0.6 is 0 Å². The van der Waals surface area contributed by atoms with Crippen LogP contribution in [0.5, 0.6) is 0 Å². The average molecular weight is 384 g/mol. The molecular formula is C20H28N6O2. The summed E-state index contributed by atoms with van der Waals surface area (Å²) in [5.74, 6) is 1.36. The minimum Gasteiger partial charge on any atom is -0.326 e. The van der Waals surface area contributed by atoms with Crippen molar-refractivity contribution in [3.63, 3.8) is 0 Å². The first-order valence-electron chi connectivity index (χ1n) is 9.82. The summed E-state index contributed by atoms with van der Waals surface area (Å²) in [4.78, 5) is 35.6. The first kappa shape index (κ1) is 19.9. The molecule has 2 aromatic rings. The first-order valence-corrected chi connectivity index (χ1v) is 9.82. The summed E-state index contributed by atoms with van der Waals surface area (Å²) in [6.07, 6.45) is 7.98. The van der Waals surface area contributed by atoms with Crippen LogP contribution in [0.4, 0.5) is 10.5 Å². The van der Waals surface area contributed by atoms with Gasteiger partial charge in [-0.25, -0.2) is 14.8 Å². The van der Waals surface area contributed by atoms with Gasteiger partial charge in [-0.05, 0) is 37.8 Å². The molecule has 1 saturated heterocycles. The second-order valence-electron chi connectivity index (χ2n) is 7.25. The predicted octanol–water partition coefficient (Wildman–Crippen LogP) is 2.73. The summed E-state index contributed by atoms with van der Waals surface area (Å²) in [6, 6.07) is 2.87. The minimum absolute atomic E-state index is 0.0207. The fraction of sp³-hybridized carbons (Fsp3) is 0.500. The number of aromatic nitrogens is 3. The molecule has 0 bridgehead atoms. The number of hydrogen-bond acceptors (Lipinski definition) is 4. The number of hydrogen-bond donors (Lipinski definition) is 2. The van der Waals surface area contributed by atoms with Gasteiger partial charge in [-0.1, -0.05) is 20.3 Å². The molecule has 150 valence electrons. The largest absolute Gasteiger partial charge is 0.326 e. The van der Waals surface area contributed by atoms with Crippen LogP contribution in [-0.2, 0) is 4.79 Å². The van der Waals surface area contributed by atoms with Gasteiger partial charge >= 0.3 is 6.03 Å². The molecule has 0 saturated carbocycles. The van der Waals surface area contributed by atoms with E-state index in [9.17, 15) is 9.59 Å². The van der Waals surface area contributed by atoms with Gasteiger partial charge in [0.15, 0.2) is 0 Å². The van der Waals surface area contributed by atoms with Crippen molar-refractivity contribution >= 4 is 17.6 Å². The number of pyridine rings is 1.